The first-order valence-corrected chi connectivity index (χ1v) is 6.10. The van der Waals surface area contributed by atoms with E-state index >= 15 is 0 Å². The predicted octanol–water partition coefficient (Wildman–Crippen LogP) is 2.27. The van der Waals surface area contributed by atoms with Crippen molar-refractivity contribution in [2.45, 2.75) is 12.5 Å². The lowest BCUT2D eigenvalue weighted by Crippen LogP contribution is -2.49. The summed E-state index contributed by atoms with van der Waals surface area (Å²) < 4.78 is 0.962. The van der Waals surface area contributed by atoms with Crippen molar-refractivity contribution in [3.63, 3.8) is 0 Å². The summed E-state index contributed by atoms with van der Waals surface area (Å²) in [6.07, 6.45) is 1.68. The minimum Gasteiger partial charge on any atom is -0.340 e. The molecule has 4 heteroatoms. The van der Waals surface area contributed by atoms with Gasteiger partial charge in [0.2, 0.25) is 5.91 Å². The molecule has 1 amide bonds. The molecular weight excluding hydrogens is 280 g/mol. The Morgan fingerprint density at radius 1 is 1.53 bits per heavy atom. The van der Waals surface area contributed by atoms with Gasteiger partial charge in [0.05, 0.1) is 0 Å². The van der Waals surface area contributed by atoms with Gasteiger partial charge >= 0.3 is 0 Å². The molecule has 0 heterocycles. The largest absolute Gasteiger partial charge is 0.340 e. The second kappa shape index (κ2) is 5.47. The van der Waals surface area contributed by atoms with Gasteiger partial charge in [0.25, 0.3) is 0 Å². The van der Waals surface area contributed by atoms with Crippen molar-refractivity contribution in [3.8, 4) is 0 Å². The topological polar surface area (TPSA) is 46.3 Å². The number of carbonyl (C=O) groups excluding carboxylic acids is 1. The van der Waals surface area contributed by atoms with Crippen molar-refractivity contribution in [1.82, 2.24) is 4.90 Å². The van der Waals surface area contributed by atoms with Crippen molar-refractivity contribution in [1.29, 1.82) is 0 Å². The van der Waals surface area contributed by atoms with E-state index in [1.165, 1.54) is 0 Å². The molecule has 1 aromatic carbocycles. The molecule has 1 aromatic rings. The molecule has 1 unspecified atom stereocenters. The Labute approximate surface area is 110 Å². The van der Waals surface area contributed by atoms with Crippen LogP contribution in [0.1, 0.15) is 12.5 Å². The Morgan fingerprint density at radius 3 is 2.53 bits per heavy atom. The Balaban J connectivity index is 2.97. The Morgan fingerprint density at radius 2 is 2.06 bits per heavy atom. The summed E-state index contributed by atoms with van der Waals surface area (Å²) in [5.74, 6) is -0.125. The fourth-order valence-electron chi connectivity index (χ4n) is 1.59. The molecule has 0 aliphatic rings. The summed E-state index contributed by atoms with van der Waals surface area (Å²) in [6.45, 7) is 5.82. The molecule has 0 fully saturated rings. The van der Waals surface area contributed by atoms with Gasteiger partial charge in [-0.05, 0) is 24.6 Å². The average molecular weight is 297 g/mol. The average Bonchev–Trinajstić information content (AvgIpc) is 2.29. The van der Waals surface area contributed by atoms with Crippen LogP contribution in [0.15, 0.2) is 41.4 Å². The number of nitrogens with zero attached hydrogens (tertiary/aromatic N) is 1. The van der Waals surface area contributed by atoms with E-state index < -0.39 is 5.54 Å². The highest BCUT2D eigenvalue weighted by Crippen LogP contribution is 2.22. The maximum Gasteiger partial charge on any atom is 0.246 e. The van der Waals surface area contributed by atoms with Crippen LogP contribution in [0.3, 0.4) is 0 Å². The van der Waals surface area contributed by atoms with Crippen molar-refractivity contribution in [2.75, 3.05) is 13.6 Å². The van der Waals surface area contributed by atoms with Crippen LogP contribution in [0.4, 0.5) is 0 Å². The third-order valence-corrected chi connectivity index (χ3v) is 3.17. The standard InChI is InChI=1S/C13H17BrN2O/c1-4-9-16(3)12(17)13(2,15)10-5-7-11(14)8-6-10/h4-8H,1,9,15H2,2-3H3. The van der Waals surface area contributed by atoms with E-state index in [2.05, 4.69) is 22.5 Å². The smallest absolute Gasteiger partial charge is 0.246 e. The summed E-state index contributed by atoms with van der Waals surface area (Å²) in [5, 5.41) is 0. The molecule has 0 saturated heterocycles. The minimum absolute atomic E-state index is 0.125. The van der Waals surface area contributed by atoms with Crippen LogP contribution >= 0.6 is 15.9 Å². The third kappa shape index (κ3) is 3.17. The summed E-state index contributed by atoms with van der Waals surface area (Å²) in [6, 6.07) is 7.45. The molecule has 0 radical (unpaired) electrons. The van der Waals surface area contributed by atoms with Crippen LogP contribution in [0, 0.1) is 0 Å². The molecule has 0 saturated carbocycles. The lowest BCUT2D eigenvalue weighted by Gasteiger charge is -2.29. The molecule has 3 nitrogen and oxygen atoms in total. The van der Waals surface area contributed by atoms with E-state index in [-0.39, 0.29) is 5.91 Å². The van der Waals surface area contributed by atoms with Gasteiger partial charge in [-0.2, -0.15) is 0 Å². The number of nitrogens with two attached hydrogens (primary N) is 1. The quantitative estimate of drug-likeness (QED) is 0.867. The van der Waals surface area contributed by atoms with Gasteiger partial charge in [-0.15, -0.1) is 6.58 Å². The van der Waals surface area contributed by atoms with Crippen LogP contribution in [-0.2, 0) is 10.3 Å². The first-order chi connectivity index (χ1) is 7.89. The van der Waals surface area contributed by atoms with E-state index in [0.717, 1.165) is 10.0 Å². The molecule has 0 aliphatic heterocycles. The number of rotatable bonds is 4. The number of halogens is 1. The Bertz CT molecular complexity index is 412. The number of hydrogen-bond donors (Lipinski definition) is 1. The first-order valence-electron chi connectivity index (χ1n) is 5.31. The van der Waals surface area contributed by atoms with Gasteiger partial charge in [0, 0.05) is 18.1 Å². The maximum absolute atomic E-state index is 12.2. The van der Waals surface area contributed by atoms with E-state index in [1.807, 2.05) is 24.3 Å². The zero-order valence-electron chi connectivity index (χ0n) is 10.1. The van der Waals surface area contributed by atoms with E-state index in [9.17, 15) is 4.79 Å². The number of amides is 1. The Kier molecular flexibility index (Phi) is 4.48. The Hall–Kier alpha value is -1.13. The highest BCUT2D eigenvalue weighted by Gasteiger charge is 2.32. The number of carbonyl (C=O) groups is 1. The first kappa shape index (κ1) is 13.9. The molecule has 0 bridgehead atoms. The van der Waals surface area contributed by atoms with Crippen LogP contribution in [-0.4, -0.2) is 24.4 Å². The highest BCUT2D eigenvalue weighted by molar-refractivity contribution is 9.10. The summed E-state index contributed by atoms with van der Waals surface area (Å²) >= 11 is 3.35. The molecule has 0 aromatic heterocycles. The van der Waals surface area contributed by atoms with Gasteiger partial charge in [0.1, 0.15) is 5.54 Å². The van der Waals surface area contributed by atoms with Crippen LogP contribution < -0.4 is 5.73 Å². The van der Waals surface area contributed by atoms with E-state index in [4.69, 9.17) is 5.73 Å². The van der Waals surface area contributed by atoms with Gasteiger partial charge in [-0.25, -0.2) is 0 Å². The van der Waals surface area contributed by atoms with Crippen molar-refractivity contribution >= 4 is 21.8 Å². The summed E-state index contributed by atoms with van der Waals surface area (Å²) in [4.78, 5) is 13.7. The number of benzene rings is 1. The number of hydrogen-bond acceptors (Lipinski definition) is 2. The molecule has 17 heavy (non-hydrogen) atoms. The van der Waals surface area contributed by atoms with Gasteiger partial charge in [-0.1, -0.05) is 34.1 Å². The molecular formula is C13H17BrN2O. The molecule has 1 rings (SSSR count). The molecule has 0 aliphatic carbocycles. The fourth-order valence-corrected chi connectivity index (χ4v) is 1.86. The SMILES string of the molecule is C=CCN(C)C(=O)C(C)(N)c1ccc(Br)cc1. The molecule has 92 valence electrons. The van der Waals surface area contributed by atoms with Crippen LogP contribution in [0.5, 0.6) is 0 Å². The van der Waals surface area contributed by atoms with Crippen molar-refractivity contribution in [2.24, 2.45) is 5.73 Å². The lowest BCUT2D eigenvalue weighted by atomic mass is 9.92. The van der Waals surface area contributed by atoms with Crippen molar-refractivity contribution < 1.29 is 4.79 Å². The summed E-state index contributed by atoms with van der Waals surface area (Å²) in [7, 11) is 1.72. The normalized spacial score (nSPS) is 13.9. The predicted molar refractivity (Wildman–Crippen MR) is 73.5 cm³/mol. The van der Waals surface area contributed by atoms with E-state index in [1.54, 1.807) is 24.9 Å². The zero-order valence-corrected chi connectivity index (χ0v) is 11.7. The highest BCUT2D eigenvalue weighted by atomic mass is 79.9. The monoisotopic (exact) mass is 296 g/mol. The lowest BCUT2D eigenvalue weighted by molar-refractivity contribution is -0.134. The molecule has 1 atom stereocenters. The minimum atomic E-state index is -1.02. The van der Waals surface area contributed by atoms with Crippen LogP contribution in [0.25, 0.3) is 0 Å². The zero-order chi connectivity index (χ0) is 13.1. The second-order valence-electron chi connectivity index (χ2n) is 4.18. The molecule has 0 spiro atoms. The fraction of sp³-hybridized carbons (Fsp3) is 0.308. The van der Waals surface area contributed by atoms with Gasteiger partial charge < -0.3 is 10.6 Å². The number of likely N-dealkylation sites (N-methyl/N-ethyl adjacent to an activating group) is 1. The van der Waals surface area contributed by atoms with Crippen LogP contribution in [0.2, 0.25) is 0 Å². The van der Waals surface area contributed by atoms with E-state index in [0.29, 0.717) is 6.54 Å². The molecule has 2 N–H and O–H groups in total. The maximum atomic E-state index is 12.2. The second-order valence-corrected chi connectivity index (χ2v) is 5.10. The van der Waals surface area contributed by atoms with Gasteiger partial charge in [0.15, 0.2) is 0 Å². The summed E-state index contributed by atoms with van der Waals surface area (Å²) in [5.41, 5.74) is 5.90. The van der Waals surface area contributed by atoms with Crippen molar-refractivity contribution in [3.05, 3.63) is 47.0 Å². The third-order valence-electron chi connectivity index (χ3n) is 2.64. The van der Waals surface area contributed by atoms with Gasteiger partial charge in [-0.3, -0.25) is 4.79 Å².